The molecule has 0 aliphatic carbocycles. The highest BCUT2D eigenvalue weighted by atomic mass is 16.7. The van der Waals surface area contributed by atoms with Gasteiger partial charge in [0.05, 0.1) is 17.2 Å². The Hall–Kier alpha value is -1.53. The van der Waals surface area contributed by atoms with Crippen LogP contribution < -0.4 is 10.8 Å². The van der Waals surface area contributed by atoms with Crippen molar-refractivity contribution in [3.63, 3.8) is 0 Å². The summed E-state index contributed by atoms with van der Waals surface area (Å²) in [5, 5.41) is 2.75. The Morgan fingerprint density at radius 2 is 1.59 bits per heavy atom. The number of ether oxygens (including phenoxy) is 1. The van der Waals surface area contributed by atoms with Crippen LogP contribution in [-0.2, 0) is 14.0 Å². The SMILES string of the molecule is C[C@H]1NC(=O)O[C@H]1c1ccc(B2OC(C)(C)C(C)(C)O2)cc1. The van der Waals surface area contributed by atoms with Gasteiger partial charge in [-0.2, -0.15) is 0 Å². The molecule has 2 aliphatic heterocycles. The zero-order chi connectivity index (χ0) is 16.1. The maximum atomic E-state index is 11.3. The van der Waals surface area contributed by atoms with Gasteiger partial charge in [0.1, 0.15) is 6.10 Å². The minimum Gasteiger partial charge on any atom is -0.439 e. The van der Waals surface area contributed by atoms with Crippen LogP contribution in [0.2, 0.25) is 0 Å². The summed E-state index contributed by atoms with van der Waals surface area (Å²) in [5.74, 6) is 0. The minimum absolute atomic E-state index is 0.0322. The number of alkyl carbamates (subject to hydrolysis) is 1. The largest absolute Gasteiger partial charge is 0.494 e. The van der Waals surface area contributed by atoms with Gasteiger partial charge in [0.25, 0.3) is 0 Å². The highest BCUT2D eigenvalue weighted by Crippen LogP contribution is 2.36. The average Bonchev–Trinajstić information content (AvgIpc) is 2.86. The van der Waals surface area contributed by atoms with Crippen LogP contribution in [0.1, 0.15) is 46.3 Å². The van der Waals surface area contributed by atoms with E-state index in [1.54, 1.807) is 0 Å². The molecule has 0 saturated carbocycles. The van der Waals surface area contributed by atoms with Crippen LogP contribution in [0.25, 0.3) is 0 Å². The Bertz CT molecular complexity index is 568. The third-order valence-electron chi connectivity index (χ3n) is 4.82. The van der Waals surface area contributed by atoms with Crippen molar-refractivity contribution < 1.29 is 18.8 Å². The molecule has 1 aromatic rings. The predicted octanol–water partition coefficient (Wildman–Crippen LogP) is 2.16. The van der Waals surface area contributed by atoms with Gasteiger partial charge in [-0.1, -0.05) is 24.3 Å². The number of hydrogen-bond acceptors (Lipinski definition) is 4. The van der Waals surface area contributed by atoms with Crippen LogP contribution >= 0.6 is 0 Å². The zero-order valence-electron chi connectivity index (χ0n) is 13.7. The van der Waals surface area contributed by atoms with Gasteiger partial charge in [-0.3, -0.25) is 0 Å². The highest BCUT2D eigenvalue weighted by molar-refractivity contribution is 6.62. The summed E-state index contributed by atoms with van der Waals surface area (Å²) in [5.41, 5.74) is 1.23. The lowest BCUT2D eigenvalue weighted by Crippen LogP contribution is -2.41. The molecule has 2 saturated heterocycles. The molecule has 1 N–H and O–H groups in total. The van der Waals surface area contributed by atoms with Crippen LogP contribution in [0.4, 0.5) is 4.79 Å². The summed E-state index contributed by atoms with van der Waals surface area (Å²) in [6, 6.07) is 7.83. The van der Waals surface area contributed by atoms with Crippen LogP contribution in [0.3, 0.4) is 0 Å². The summed E-state index contributed by atoms with van der Waals surface area (Å²) in [7, 11) is -0.374. The van der Waals surface area contributed by atoms with Crippen molar-refractivity contribution >= 4 is 18.7 Å². The fraction of sp³-hybridized carbons (Fsp3) is 0.562. The van der Waals surface area contributed by atoms with Gasteiger partial charge in [0.2, 0.25) is 0 Å². The Morgan fingerprint density at radius 3 is 2.05 bits per heavy atom. The van der Waals surface area contributed by atoms with E-state index in [0.717, 1.165) is 11.0 Å². The van der Waals surface area contributed by atoms with E-state index in [0.29, 0.717) is 0 Å². The monoisotopic (exact) mass is 303 g/mol. The van der Waals surface area contributed by atoms with Gasteiger partial charge in [0.15, 0.2) is 0 Å². The lowest BCUT2D eigenvalue weighted by molar-refractivity contribution is 0.00578. The maximum Gasteiger partial charge on any atom is 0.494 e. The number of cyclic esters (lactones) is 1. The van der Waals surface area contributed by atoms with Gasteiger partial charge < -0.3 is 19.4 Å². The third kappa shape index (κ3) is 2.50. The number of hydrogen-bond donors (Lipinski definition) is 1. The highest BCUT2D eigenvalue weighted by Gasteiger charge is 2.51. The number of benzene rings is 1. The van der Waals surface area contributed by atoms with Crippen molar-refractivity contribution in [2.45, 2.75) is 58.0 Å². The maximum absolute atomic E-state index is 11.3. The Kier molecular flexibility index (Phi) is 3.49. The molecule has 0 aromatic heterocycles. The second kappa shape index (κ2) is 5.00. The van der Waals surface area contributed by atoms with Crippen molar-refractivity contribution in [3.05, 3.63) is 29.8 Å². The number of rotatable bonds is 2. The first-order valence-corrected chi connectivity index (χ1v) is 7.62. The average molecular weight is 303 g/mol. The molecule has 1 aromatic carbocycles. The topological polar surface area (TPSA) is 56.8 Å². The van der Waals surface area contributed by atoms with Gasteiger partial charge in [-0.25, -0.2) is 4.79 Å². The lowest BCUT2D eigenvalue weighted by atomic mass is 9.78. The molecule has 6 heteroatoms. The second-order valence-corrected chi connectivity index (χ2v) is 7.01. The van der Waals surface area contributed by atoms with Gasteiger partial charge in [0, 0.05) is 0 Å². The van der Waals surface area contributed by atoms with Crippen molar-refractivity contribution in [2.75, 3.05) is 0 Å². The van der Waals surface area contributed by atoms with E-state index in [9.17, 15) is 4.79 Å². The number of carbonyl (C=O) groups is 1. The Morgan fingerprint density at radius 1 is 1.05 bits per heavy atom. The molecule has 2 aliphatic rings. The van der Waals surface area contributed by atoms with Crippen LogP contribution in [0.15, 0.2) is 24.3 Å². The van der Waals surface area contributed by atoms with Crippen LogP contribution in [-0.4, -0.2) is 30.5 Å². The normalized spacial score (nSPS) is 29.3. The van der Waals surface area contributed by atoms with Gasteiger partial charge >= 0.3 is 13.2 Å². The molecule has 1 amide bonds. The predicted molar refractivity (Wildman–Crippen MR) is 84.0 cm³/mol. The lowest BCUT2D eigenvalue weighted by Gasteiger charge is -2.32. The third-order valence-corrected chi connectivity index (χ3v) is 4.82. The molecule has 0 spiro atoms. The van der Waals surface area contributed by atoms with E-state index < -0.39 is 0 Å². The van der Waals surface area contributed by atoms with Crippen LogP contribution in [0.5, 0.6) is 0 Å². The standard InChI is InChI=1S/C16H22BNO4/c1-10-13(20-14(19)18-10)11-6-8-12(9-7-11)17-21-15(2,3)16(4,5)22-17/h6-10,13H,1-5H3,(H,18,19)/t10-,13-/m1/s1. The molecular formula is C16H22BNO4. The molecule has 0 radical (unpaired) electrons. The van der Waals surface area contributed by atoms with Crippen molar-refractivity contribution in [1.82, 2.24) is 5.32 Å². The van der Waals surface area contributed by atoms with Crippen molar-refractivity contribution in [3.8, 4) is 0 Å². The summed E-state index contributed by atoms with van der Waals surface area (Å²) in [6.07, 6.45) is -0.618. The molecule has 2 atom stereocenters. The van der Waals surface area contributed by atoms with E-state index in [-0.39, 0.29) is 36.6 Å². The molecule has 2 heterocycles. The second-order valence-electron chi connectivity index (χ2n) is 7.01. The number of amides is 1. The van der Waals surface area contributed by atoms with Gasteiger partial charge in [-0.05, 0) is 45.6 Å². The van der Waals surface area contributed by atoms with Gasteiger partial charge in [-0.15, -0.1) is 0 Å². The van der Waals surface area contributed by atoms with E-state index >= 15 is 0 Å². The molecule has 3 rings (SSSR count). The molecule has 2 fully saturated rings. The fourth-order valence-corrected chi connectivity index (χ4v) is 2.69. The van der Waals surface area contributed by atoms with E-state index in [4.69, 9.17) is 14.0 Å². The fourth-order valence-electron chi connectivity index (χ4n) is 2.69. The Labute approximate surface area is 131 Å². The molecule has 0 bridgehead atoms. The molecule has 0 unspecified atom stereocenters. The summed E-state index contributed by atoms with van der Waals surface area (Å²) in [4.78, 5) is 11.3. The van der Waals surface area contributed by atoms with E-state index in [1.165, 1.54) is 0 Å². The first-order valence-electron chi connectivity index (χ1n) is 7.62. The summed E-state index contributed by atoms with van der Waals surface area (Å²) >= 11 is 0. The smallest absolute Gasteiger partial charge is 0.439 e. The number of nitrogens with one attached hydrogen (secondary N) is 1. The first kappa shape index (κ1) is 15.4. The molecule has 5 nitrogen and oxygen atoms in total. The van der Waals surface area contributed by atoms with Crippen molar-refractivity contribution in [1.29, 1.82) is 0 Å². The van der Waals surface area contributed by atoms with E-state index in [2.05, 4.69) is 5.32 Å². The van der Waals surface area contributed by atoms with Crippen molar-refractivity contribution in [2.24, 2.45) is 0 Å². The molecular weight excluding hydrogens is 281 g/mol. The minimum atomic E-state index is -0.374. The molecule has 22 heavy (non-hydrogen) atoms. The first-order chi connectivity index (χ1) is 10.2. The summed E-state index contributed by atoms with van der Waals surface area (Å²) < 4.78 is 17.3. The summed E-state index contributed by atoms with van der Waals surface area (Å²) in [6.45, 7) is 10.1. The number of carbonyl (C=O) groups excluding carboxylic acids is 1. The van der Waals surface area contributed by atoms with Crippen LogP contribution in [0, 0.1) is 0 Å². The quantitative estimate of drug-likeness (QED) is 0.851. The zero-order valence-corrected chi connectivity index (χ0v) is 13.7. The molecule has 118 valence electrons. The van der Waals surface area contributed by atoms with E-state index in [1.807, 2.05) is 58.9 Å². The Balaban J connectivity index is 1.77.